The molecule has 0 radical (unpaired) electrons. The number of benzene rings is 1. The molecule has 4 aromatic heterocycles. The number of nitrogens with zero attached hydrogens (tertiary/aromatic N) is 7. The maximum Gasteiger partial charge on any atom is 0.183 e. The Kier molecular flexibility index (Phi) is 4.79. The molecule has 7 nitrogen and oxygen atoms in total. The molecular formula is C24H18F3N7. The van der Waals surface area contributed by atoms with Crippen molar-refractivity contribution in [1.29, 1.82) is 0 Å². The van der Waals surface area contributed by atoms with Gasteiger partial charge in [0.15, 0.2) is 5.65 Å². The predicted molar refractivity (Wildman–Crippen MR) is 119 cm³/mol. The van der Waals surface area contributed by atoms with E-state index in [4.69, 9.17) is 4.98 Å². The molecule has 6 rings (SSSR count). The van der Waals surface area contributed by atoms with Crippen LogP contribution in [0.2, 0.25) is 0 Å². The Labute approximate surface area is 192 Å². The zero-order valence-electron chi connectivity index (χ0n) is 17.8. The Morgan fingerprint density at radius 2 is 1.85 bits per heavy atom. The topological polar surface area (TPSA) is 64.1 Å². The van der Waals surface area contributed by atoms with Gasteiger partial charge >= 0.3 is 0 Å². The highest BCUT2D eigenvalue weighted by Crippen LogP contribution is 2.37. The summed E-state index contributed by atoms with van der Waals surface area (Å²) < 4.78 is 45.7. The van der Waals surface area contributed by atoms with Crippen molar-refractivity contribution in [2.75, 3.05) is 11.4 Å². The van der Waals surface area contributed by atoms with Crippen LogP contribution in [-0.2, 0) is 0 Å². The van der Waals surface area contributed by atoms with Gasteiger partial charge in [0.1, 0.15) is 29.0 Å². The first-order valence-electron chi connectivity index (χ1n) is 10.8. The van der Waals surface area contributed by atoms with Crippen molar-refractivity contribution in [2.45, 2.75) is 18.9 Å². The van der Waals surface area contributed by atoms with Gasteiger partial charge in [-0.25, -0.2) is 27.4 Å². The minimum atomic E-state index is -0.468. The van der Waals surface area contributed by atoms with Crippen LogP contribution in [0.15, 0.2) is 67.5 Å². The van der Waals surface area contributed by atoms with Crippen molar-refractivity contribution < 1.29 is 13.2 Å². The molecule has 170 valence electrons. The third-order valence-electron chi connectivity index (χ3n) is 6.11. The van der Waals surface area contributed by atoms with Crippen LogP contribution in [0, 0.1) is 17.5 Å². The summed E-state index contributed by atoms with van der Waals surface area (Å²) in [5.41, 5.74) is 2.45. The molecule has 1 aliphatic rings. The van der Waals surface area contributed by atoms with Crippen LogP contribution in [0.25, 0.3) is 22.5 Å². The van der Waals surface area contributed by atoms with Gasteiger partial charge < -0.3 is 4.90 Å². The second kappa shape index (κ2) is 7.98. The molecule has 0 aliphatic carbocycles. The molecule has 10 heteroatoms. The molecule has 0 N–H and O–H groups in total. The smallest absolute Gasteiger partial charge is 0.183 e. The van der Waals surface area contributed by atoms with Gasteiger partial charge in [0.2, 0.25) is 0 Å². The predicted octanol–water partition coefficient (Wildman–Crippen LogP) is 4.74. The average Bonchev–Trinajstić information content (AvgIpc) is 3.59. The molecule has 1 saturated heterocycles. The van der Waals surface area contributed by atoms with Crippen LogP contribution in [0.4, 0.5) is 19.0 Å². The normalized spacial score (nSPS) is 16.0. The van der Waals surface area contributed by atoms with Gasteiger partial charge in [0, 0.05) is 41.8 Å². The van der Waals surface area contributed by atoms with E-state index in [0.717, 1.165) is 24.8 Å². The van der Waals surface area contributed by atoms with E-state index in [1.165, 1.54) is 12.3 Å². The molecule has 1 atom stereocenters. The lowest BCUT2D eigenvalue weighted by Gasteiger charge is -2.26. The van der Waals surface area contributed by atoms with Crippen LogP contribution in [0.1, 0.15) is 24.4 Å². The maximum atomic E-state index is 14.5. The summed E-state index contributed by atoms with van der Waals surface area (Å²) >= 11 is 0. The fourth-order valence-corrected chi connectivity index (χ4v) is 4.51. The van der Waals surface area contributed by atoms with E-state index >= 15 is 0 Å². The second-order valence-electron chi connectivity index (χ2n) is 8.13. The van der Waals surface area contributed by atoms with E-state index in [0.29, 0.717) is 46.8 Å². The Bertz CT molecular complexity index is 1510. The first-order chi connectivity index (χ1) is 16.6. The van der Waals surface area contributed by atoms with Gasteiger partial charge in [-0.15, -0.1) is 0 Å². The molecular weight excluding hydrogens is 443 g/mol. The van der Waals surface area contributed by atoms with Crippen LogP contribution < -0.4 is 4.90 Å². The van der Waals surface area contributed by atoms with Crippen LogP contribution in [0.5, 0.6) is 0 Å². The fourth-order valence-electron chi connectivity index (χ4n) is 4.51. The minimum Gasteiger partial charge on any atom is -0.349 e. The summed E-state index contributed by atoms with van der Waals surface area (Å²) in [6, 6.07) is 6.61. The van der Waals surface area contributed by atoms with Gasteiger partial charge in [-0.3, -0.25) is 4.98 Å². The number of aromatic nitrogens is 6. The molecule has 0 saturated carbocycles. The molecule has 1 fully saturated rings. The highest BCUT2D eigenvalue weighted by atomic mass is 19.1. The van der Waals surface area contributed by atoms with Gasteiger partial charge in [-0.1, -0.05) is 0 Å². The monoisotopic (exact) mass is 461 g/mol. The largest absolute Gasteiger partial charge is 0.349 e. The Morgan fingerprint density at radius 1 is 0.941 bits per heavy atom. The number of pyridine rings is 1. The van der Waals surface area contributed by atoms with Crippen molar-refractivity contribution in [1.82, 2.24) is 29.4 Å². The molecule has 1 aliphatic heterocycles. The molecule has 1 aromatic carbocycles. The SMILES string of the molecule is Fc1ccc(F)c([C@@H]2CCCN2c2ccn3ncc(-n4cc(-c5ccncc5F)cn4)c3n2)c1. The Hall–Kier alpha value is -4.21. The van der Waals surface area contributed by atoms with Gasteiger partial charge in [-0.05, 0) is 43.2 Å². The molecule has 0 spiro atoms. The lowest BCUT2D eigenvalue weighted by molar-refractivity contribution is 0.560. The molecule has 0 unspecified atom stereocenters. The highest BCUT2D eigenvalue weighted by molar-refractivity contribution is 5.65. The lowest BCUT2D eigenvalue weighted by atomic mass is 10.0. The molecule has 0 amide bonds. The third-order valence-corrected chi connectivity index (χ3v) is 6.11. The maximum absolute atomic E-state index is 14.5. The summed E-state index contributed by atoms with van der Waals surface area (Å²) in [5.74, 6) is -0.707. The number of rotatable bonds is 4. The van der Waals surface area contributed by atoms with E-state index in [1.54, 1.807) is 46.1 Å². The van der Waals surface area contributed by atoms with Crippen LogP contribution in [0.3, 0.4) is 0 Å². The number of halogens is 3. The van der Waals surface area contributed by atoms with Crippen molar-refractivity contribution in [3.8, 4) is 16.8 Å². The van der Waals surface area contributed by atoms with Crippen molar-refractivity contribution in [2.24, 2.45) is 0 Å². The average molecular weight is 461 g/mol. The number of fused-ring (bicyclic) bond motifs is 1. The first-order valence-corrected chi connectivity index (χ1v) is 10.8. The second-order valence-corrected chi connectivity index (χ2v) is 8.13. The van der Waals surface area contributed by atoms with E-state index < -0.39 is 17.5 Å². The summed E-state index contributed by atoms with van der Waals surface area (Å²) in [6.07, 6.45) is 10.9. The van der Waals surface area contributed by atoms with Crippen LogP contribution >= 0.6 is 0 Å². The number of anilines is 1. The lowest BCUT2D eigenvalue weighted by Crippen LogP contribution is -2.24. The van der Waals surface area contributed by atoms with Crippen molar-refractivity contribution >= 4 is 11.5 Å². The van der Waals surface area contributed by atoms with E-state index in [2.05, 4.69) is 15.2 Å². The molecule has 34 heavy (non-hydrogen) atoms. The first kappa shape index (κ1) is 20.4. The molecule has 5 heterocycles. The molecule has 5 aromatic rings. The molecule has 0 bridgehead atoms. The highest BCUT2D eigenvalue weighted by Gasteiger charge is 2.30. The Balaban J connectivity index is 1.38. The zero-order chi connectivity index (χ0) is 23.2. The Morgan fingerprint density at radius 3 is 2.74 bits per heavy atom. The standard InChI is InChI=1S/C24H18F3N7/c25-16-3-4-19(26)18(10-16)21-2-1-8-32(21)23-6-9-33-24(31-23)22(13-30-33)34-14-15(11-29-34)17-5-7-28-12-20(17)27/h3-7,9-14,21H,1-2,8H2/t21-/m0/s1. The summed E-state index contributed by atoms with van der Waals surface area (Å²) in [5, 5.41) is 8.72. The van der Waals surface area contributed by atoms with Gasteiger partial charge in [-0.2, -0.15) is 10.2 Å². The minimum absolute atomic E-state index is 0.317. The fraction of sp³-hybridized carbons (Fsp3) is 0.167. The van der Waals surface area contributed by atoms with Crippen molar-refractivity contribution in [3.05, 3.63) is 90.5 Å². The van der Waals surface area contributed by atoms with E-state index in [9.17, 15) is 13.2 Å². The summed E-state index contributed by atoms with van der Waals surface area (Å²) in [7, 11) is 0. The zero-order valence-corrected chi connectivity index (χ0v) is 17.8. The van der Waals surface area contributed by atoms with Gasteiger partial charge in [0.05, 0.1) is 24.6 Å². The van der Waals surface area contributed by atoms with E-state index in [1.807, 2.05) is 4.90 Å². The number of hydrogen-bond donors (Lipinski definition) is 0. The summed E-state index contributed by atoms with van der Waals surface area (Å²) in [4.78, 5) is 10.5. The van der Waals surface area contributed by atoms with Gasteiger partial charge in [0.25, 0.3) is 0 Å². The van der Waals surface area contributed by atoms with Crippen molar-refractivity contribution in [3.63, 3.8) is 0 Å². The van der Waals surface area contributed by atoms with Crippen LogP contribution in [-0.4, -0.2) is 35.9 Å². The quantitative estimate of drug-likeness (QED) is 0.387. The number of hydrogen-bond acceptors (Lipinski definition) is 5. The van der Waals surface area contributed by atoms with E-state index in [-0.39, 0.29) is 6.04 Å². The third kappa shape index (κ3) is 3.38. The summed E-state index contributed by atoms with van der Waals surface area (Å²) in [6.45, 7) is 0.667.